The Labute approximate surface area is 169 Å². The van der Waals surface area contributed by atoms with Gasteiger partial charge >= 0.3 is 0 Å². The van der Waals surface area contributed by atoms with Crippen molar-refractivity contribution in [1.29, 1.82) is 0 Å². The van der Waals surface area contributed by atoms with Crippen LogP contribution >= 0.6 is 11.3 Å². The molecule has 5 rings (SSSR count). The second-order valence-corrected chi connectivity index (χ2v) is 9.01. The predicted molar refractivity (Wildman–Crippen MR) is 114 cm³/mol. The van der Waals surface area contributed by atoms with Crippen LogP contribution in [0.5, 0.6) is 0 Å². The van der Waals surface area contributed by atoms with Gasteiger partial charge in [0, 0.05) is 30.4 Å². The Hall–Kier alpha value is -2.55. The molecule has 1 saturated heterocycles. The van der Waals surface area contributed by atoms with Crippen molar-refractivity contribution in [2.24, 2.45) is 0 Å². The highest BCUT2D eigenvalue weighted by atomic mass is 32.1. The molecule has 1 fully saturated rings. The second kappa shape index (κ2) is 6.80. The SMILES string of the molecule is CC1(C)Cc2c(sc(N3CCOCC3)c2C#Cc2ccccc2)-c2n[nH]cc21. The maximum absolute atomic E-state index is 5.58. The van der Waals surface area contributed by atoms with E-state index in [2.05, 4.69) is 59.1 Å². The van der Waals surface area contributed by atoms with Gasteiger partial charge in [0.2, 0.25) is 0 Å². The van der Waals surface area contributed by atoms with Gasteiger partial charge in [0.05, 0.1) is 23.7 Å². The van der Waals surface area contributed by atoms with Crippen molar-refractivity contribution >= 4 is 16.3 Å². The molecule has 28 heavy (non-hydrogen) atoms. The van der Waals surface area contributed by atoms with Crippen LogP contribution in [0.15, 0.2) is 36.5 Å². The lowest BCUT2D eigenvalue weighted by atomic mass is 9.74. The summed E-state index contributed by atoms with van der Waals surface area (Å²) in [5.41, 5.74) is 6.01. The van der Waals surface area contributed by atoms with Crippen LogP contribution in [0, 0.1) is 11.8 Å². The third kappa shape index (κ3) is 2.94. The average Bonchev–Trinajstić information content (AvgIpc) is 3.33. The van der Waals surface area contributed by atoms with Gasteiger partial charge in [0.1, 0.15) is 10.7 Å². The third-order valence-corrected chi connectivity index (χ3v) is 6.90. The molecule has 2 aliphatic rings. The van der Waals surface area contributed by atoms with Crippen LogP contribution in [0.3, 0.4) is 0 Å². The van der Waals surface area contributed by atoms with Crippen molar-refractivity contribution in [2.75, 3.05) is 31.2 Å². The number of fused-ring (bicyclic) bond motifs is 3. The van der Waals surface area contributed by atoms with Crippen molar-refractivity contribution in [2.45, 2.75) is 25.7 Å². The van der Waals surface area contributed by atoms with E-state index in [-0.39, 0.29) is 5.41 Å². The molecule has 4 nitrogen and oxygen atoms in total. The van der Waals surface area contributed by atoms with Gasteiger partial charge in [-0.05, 0) is 29.5 Å². The van der Waals surface area contributed by atoms with Gasteiger partial charge in [-0.1, -0.05) is 43.9 Å². The molecule has 3 aromatic rings. The van der Waals surface area contributed by atoms with Crippen molar-refractivity contribution in [3.8, 4) is 22.4 Å². The zero-order chi connectivity index (χ0) is 19.1. The number of H-pyrrole nitrogens is 1. The number of rotatable bonds is 1. The molecule has 1 aliphatic carbocycles. The Morgan fingerprint density at radius 1 is 1.14 bits per heavy atom. The summed E-state index contributed by atoms with van der Waals surface area (Å²) in [5, 5.41) is 8.96. The number of ether oxygens (including phenoxy) is 1. The normalized spacial score (nSPS) is 17.4. The molecular formula is C23H23N3OS. The largest absolute Gasteiger partial charge is 0.378 e. The van der Waals surface area contributed by atoms with Crippen molar-refractivity contribution in [3.05, 3.63) is 58.8 Å². The fourth-order valence-electron chi connectivity index (χ4n) is 4.10. The zero-order valence-electron chi connectivity index (χ0n) is 16.2. The lowest BCUT2D eigenvalue weighted by molar-refractivity contribution is 0.123. The van der Waals surface area contributed by atoms with E-state index in [9.17, 15) is 0 Å². The Morgan fingerprint density at radius 2 is 1.93 bits per heavy atom. The van der Waals surface area contributed by atoms with Gasteiger partial charge in [-0.3, -0.25) is 5.10 Å². The molecule has 0 unspecified atom stereocenters. The Balaban J connectivity index is 1.68. The monoisotopic (exact) mass is 389 g/mol. The Morgan fingerprint density at radius 3 is 2.71 bits per heavy atom. The smallest absolute Gasteiger partial charge is 0.108 e. The molecule has 5 heteroatoms. The summed E-state index contributed by atoms with van der Waals surface area (Å²) < 4.78 is 5.58. The summed E-state index contributed by atoms with van der Waals surface area (Å²) in [4.78, 5) is 3.70. The topological polar surface area (TPSA) is 41.1 Å². The first kappa shape index (κ1) is 17.5. The molecule has 1 N–H and O–H groups in total. The van der Waals surface area contributed by atoms with Gasteiger partial charge in [0.25, 0.3) is 0 Å². The molecule has 0 radical (unpaired) electrons. The zero-order valence-corrected chi connectivity index (χ0v) is 17.0. The van der Waals surface area contributed by atoms with E-state index in [0.29, 0.717) is 0 Å². The number of morpholine rings is 1. The number of aromatic amines is 1. The molecule has 0 saturated carbocycles. The van der Waals surface area contributed by atoms with Gasteiger partial charge in [-0.2, -0.15) is 5.10 Å². The summed E-state index contributed by atoms with van der Waals surface area (Å²) in [6, 6.07) is 10.2. The van der Waals surface area contributed by atoms with E-state index < -0.39 is 0 Å². The van der Waals surface area contributed by atoms with Crippen LogP contribution in [0.1, 0.15) is 36.1 Å². The molecule has 142 valence electrons. The summed E-state index contributed by atoms with van der Waals surface area (Å²) >= 11 is 1.84. The molecular weight excluding hydrogens is 366 g/mol. The second-order valence-electron chi connectivity index (χ2n) is 8.01. The highest BCUT2D eigenvalue weighted by Gasteiger charge is 2.37. The lowest BCUT2D eigenvalue weighted by Crippen LogP contribution is -2.36. The number of benzene rings is 1. The van der Waals surface area contributed by atoms with E-state index in [1.165, 1.54) is 26.6 Å². The van der Waals surface area contributed by atoms with E-state index in [1.54, 1.807) is 0 Å². The van der Waals surface area contributed by atoms with Crippen LogP contribution in [-0.2, 0) is 16.6 Å². The van der Waals surface area contributed by atoms with Crippen LogP contribution < -0.4 is 4.90 Å². The lowest BCUT2D eigenvalue weighted by Gasteiger charge is -2.29. The highest BCUT2D eigenvalue weighted by molar-refractivity contribution is 7.20. The van der Waals surface area contributed by atoms with Gasteiger partial charge in [-0.25, -0.2) is 0 Å². The number of hydrogen-bond acceptors (Lipinski definition) is 4. The molecule has 2 aromatic heterocycles. The number of nitrogens with one attached hydrogen (secondary N) is 1. The van der Waals surface area contributed by atoms with Gasteiger partial charge < -0.3 is 9.64 Å². The van der Waals surface area contributed by atoms with Crippen molar-refractivity contribution < 1.29 is 4.74 Å². The summed E-state index contributed by atoms with van der Waals surface area (Å²) in [5.74, 6) is 6.93. The van der Waals surface area contributed by atoms with Crippen LogP contribution in [0.4, 0.5) is 5.00 Å². The van der Waals surface area contributed by atoms with E-state index in [4.69, 9.17) is 4.74 Å². The van der Waals surface area contributed by atoms with Crippen molar-refractivity contribution in [3.63, 3.8) is 0 Å². The number of nitrogens with zero attached hydrogens (tertiary/aromatic N) is 2. The average molecular weight is 390 g/mol. The third-order valence-electron chi connectivity index (χ3n) is 5.60. The molecule has 3 heterocycles. The minimum absolute atomic E-state index is 0.0435. The minimum atomic E-state index is 0.0435. The maximum atomic E-state index is 5.58. The standard InChI is InChI=1S/C23H23N3OS/c1-23(2)14-18-17(9-8-16-6-4-3-5-7-16)22(26-10-12-27-13-11-26)28-21(18)20-19(23)15-24-25-20/h3-7,15H,10-14H2,1-2H3,(H,24,25). The minimum Gasteiger partial charge on any atom is -0.378 e. The highest BCUT2D eigenvalue weighted by Crippen LogP contribution is 2.50. The van der Waals surface area contributed by atoms with E-state index in [1.807, 2.05) is 29.5 Å². The Bertz CT molecular complexity index is 1060. The summed E-state index contributed by atoms with van der Waals surface area (Å²) in [6.07, 6.45) is 3.04. The Kier molecular flexibility index (Phi) is 4.26. The van der Waals surface area contributed by atoms with Gasteiger partial charge in [0.15, 0.2) is 0 Å². The summed E-state index contributed by atoms with van der Waals surface area (Å²) in [7, 11) is 0. The number of anilines is 1. The molecule has 0 bridgehead atoms. The first-order valence-corrected chi connectivity index (χ1v) is 10.6. The molecule has 0 atom stereocenters. The summed E-state index contributed by atoms with van der Waals surface area (Å²) in [6.45, 7) is 7.96. The van der Waals surface area contributed by atoms with Crippen LogP contribution in [0.25, 0.3) is 10.6 Å². The van der Waals surface area contributed by atoms with Crippen molar-refractivity contribution in [1.82, 2.24) is 10.2 Å². The fraction of sp³-hybridized carbons (Fsp3) is 0.348. The number of thiophene rings is 1. The van der Waals surface area contributed by atoms with E-state index in [0.717, 1.165) is 44.0 Å². The molecule has 1 aromatic carbocycles. The number of aromatic nitrogens is 2. The van der Waals surface area contributed by atoms with Gasteiger partial charge in [-0.15, -0.1) is 11.3 Å². The predicted octanol–water partition coefficient (Wildman–Crippen LogP) is 4.21. The fourth-order valence-corrected chi connectivity index (χ4v) is 5.43. The molecule has 0 amide bonds. The van der Waals surface area contributed by atoms with E-state index >= 15 is 0 Å². The molecule has 0 spiro atoms. The number of hydrogen-bond donors (Lipinski definition) is 1. The van der Waals surface area contributed by atoms with Crippen LogP contribution in [0.2, 0.25) is 0 Å². The van der Waals surface area contributed by atoms with Crippen LogP contribution in [-0.4, -0.2) is 36.5 Å². The maximum Gasteiger partial charge on any atom is 0.108 e. The first-order chi connectivity index (χ1) is 13.6. The first-order valence-electron chi connectivity index (χ1n) is 9.73. The molecule has 1 aliphatic heterocycles. The quantitative estimate of drug-likeness (QED) is 0.634.